The van der Waals surface area contributed by atoms with Crippen molar-refractivity contribution in [2.75, 3.05) is 32.8 Å². The second-order valence-electron chi connectivity index (χ2n) is 4.98. The van der Waals surface area contributed by atoms with E-state index in [4.69, 9.17) is 4.74 Å². The summed E-state index contributed by atoms with van der Waals surface area (Å²) in [6, 6.07) is 0. The van der Waals surface area contributed by atoms with Crippen LogP contribution in [0.15, 0.2) is 0 Å². The third-order valence-corrected chi connectivity index (χ3v) is 3.42. The molecular weight excluding hydrogens is 222 g/mol. The van der Waals surface area contributed by atoms with Crippen molar-refractivity contribution in [1.82, 2.24) is 0 Å². The molecule has 0 aliphatic carbocycles. The van der Waals surface area contributed by atoms with Crippen molar-refractivity contribution in [2.45, 2.75) is 52.6 Å². The predicted octanol–water partition coefficient (Wildman–Crippen LogP) is -0.174. The number of hydrogen-bond donors (Lipinski definition) is 0. The molecule has 1 heterocycles. The molecule has 1 aliphatic heterocycles. The monoisotopic (exact) mass is 249 g/mol. The molecule has 0 bridgehead atoms. The van der Waals surface area contributed by atoms with Gasteiger partial charge >= 0.3 is 0 Å². The number of quaternary nitrogens is 1. The molecule has 16 heavy (non-hydrogen) atoms. The zero-order valence-corrected chi connectivity index (χ0v) is 11.9. The van der Waals surface area contributed by atoms with E-state index >= 15 is 0 Å². The van der Waals surface area contributed by atoms with E-state index in [0.717, 1.165) is 6.61 Å². The molecular formula is C13H28ClNO. The van der Waals surface area contributed by atoms with Crippen LogP contribution in [0.4, 0.5) is 0 Å². The maximum absolute atomic E-state index is 5.33. The van der Waals surface area contributed by atoms with Crippen molar-refractivity contribution in [3.8, 4) is 0 Å². The molecule has 2 nitrogen and oxygen atoms in total. The Balaban J connectivity index is 0.00000225. The summed E-state index contributed by atoms with van der Waals surface area (Å²) in [5, 5.41) is 0. The lowest BCUT2D eigenvalue weighted by atomic mass is 10.2. The quantitative estimate of drug-likeness (QED) is 0.408. The third kappa shape index (κ3) is 5.51. The second kappa shape index (κ2) is 8.32. The molecule has 1 unspecified atom stereocenters. The largest absolute Gasteiger partial charge is 1.00 e. The Morgan fingerprint density at radius 2 is 1.38 bits per heavy atom. The number of halogens is 1. The van der Waals surface area contributed by atoms with E-state index in [-0.39, 0.29) is 12.4 Å². The summed E-state index contributed by atoms with van der Waals surface area (Å²) >= 11 is 0. The molecule has 0 aromatic rings. The summed E-state index contributed by atoms with van der Waals surface area (Å²) in [7, 11) is 0. The summed E-state index contributed by atoms with van der Waals surface area (Å²) in [6.07, 6.45) is 5.82. The van der Waals surface area contributed by atoms with Gasteiger partial charge in [-0.2, -0.15) is 0 Å². The van der Waals surface area contributed by atoms with Gasteiger partial charge in [0.1, 0.15) is 0 Å². The second-order valence-corrected chi connectivity index (χ2v) is 4.98. The summed E-state index contributed by atoms with van der Waals surface area (Å²) in [5.41, 5.74) is 0. The zero-order chi connectivity index (χ0) is 11.1. The van der Waals surface area contributed by atoms with E-state index < -0.39 is 0 Å². The predicted molar refractivity (Wildman–Crippen MR) is 65.0 cm³/mol. The highest BCUT2D eigenvalue weighted by Gasteiger charge is 2.30. The van der Waals surface area contributed by atoms with Gasteiger partial charge in [-0.05, 0) is 19.3 Å². The highest BCUT2D eigenvalue weighted by Crippen LogP contribution is 2.19. The van der Waals surface area contributed by atoms with Gasteiger partial charge in [0.15, 0.2) is 0 Å². The molecule has 98 valence electrons. The smallest absolute Gasteiger partial charge is 0.0863 e. The van der Waals surface area contributed by atoms with Gasteiger partial charge in [0, 0.05) is 6.42 Å². The highest BCUT2D eigenvalue weighted by molar-refractivity contribution is 4.68. The average molecular weight is 250 g/mol. The Kier molecular flexibility index (Phi) is 8.43. The molecule has 1 fully saturated rings. The summed E-state index contributed by atoms with van der Waals surface area (Å²) < 4.78 is 6.66. The maximum atomic E-state index is 5.33. The van der Waals surface area contributed by atoms with Crippen LogP contribution in [-0.2, 0) is 4.74 Å². The lowest BCUT2D eigenvalue weighted by Gasteiger charge is -2.38. The summed E-state index contributed by atoms with van der Waals surface area (Å²) in [6.45, 7) is 13.4. The lowest BCUT2D eigenvalue weighted by molar-refractivity contribution is -0.928. The van der Waals surface area contributed by atoms with Crippen molar-refractivity contribution in [3.05, 3.63) is 0 Å². The number of rotatable bonds is 9. The van der Waals surface area contributed by atoms with Crippen LogP contribution < -0.4 is 12.4 Å². The minimum Gasteiger partial charge on any atom is -1.00 e. The van der Waals surface area contributed by atoms with Crippen LogP contribution in [-0.4, -0.2) is 43.4 Å². The van der Waals surface area contributed by atoms with Gasteiger partial charge < -0.3 is 21.6 Å². The van der Waals surface area contributed by atoms with E-state index in [9.17, 15) is 0 Å². The first-order chi connectivity index (χ1) is 7.26. The first kappa shape index (κ1) is 16.2. The van der Waals surface area contributed by atoms with Crippen molar-refractivity contribution < 1.29 is 21.6 Å². The minimum absolute atomic E-state index is 0. The lowest BCUT2D eigenvalue weighted by Crippen LogP contribution is -3.00. The topological polar surface area (TPSA) is 12.5 Å². The fourth-order valence-electron chi connectivity index (χ4n) is 2.75. The standard InChI is InChI=1S/C13H28NO.ClH/c1-4-8-14(9-5-2,10-6-3)11-7-13-12-15-13;/h13H,4-12H2,1-3H3;1H/q+1;/p-1. The zero-order valence-electron chi connectivity index (χ0n) is 11.2. The van der Waals surface area contributed by atoms with Crippen molar-refractivity contribution in [1.29, 1.82) is 0 Å². The summed E-state index contributed by atoms with van der Waals surface area (Å²) in [5.74, 6) is 0. The van der Waals surface area contributed by atoms with Crippen LogP contribution in [0.1, 0.15) is 46.5 Å². The first-order valence-corrected chi connectivity index (χ1v) is 6.73. The van der Waals surface area contributed by atoms with Crippen LogP contribution in [0.3, 0.4) is 0 Å². The third-order valence-electron chi connectivity index (χ3n) is 3.42. The molecule has 0 N–H and O–H groups in total. The number of epoxide rings is 1. The fraction of sp³-hybridized carbons (Fsp3) is 1.00. The van der Waals surface area contributed by atoms with Gasteiger partial charge in [-0.1, -0.05) is 20.8 Å². The molecule has 0 amide bonds. The molecule has 1 rings (SSSR count). The number of hydrogen-bond acceptors (Lipinski definition) is 1. The van der Waals surface area contributed by atoms with Crippen LogP contribution in [0.25, 0.3) is 0 Å². The van der Waals surface area contributed by atoms with Crippen molar-refractivity contribution in [2.24, 2.45) is 0 Å². The average Bonchev–Trinajstić information content (AvgIpc) is 2.99. The van der Waals surface area contributed by atoms with Crippen LogP contribution >= 0.6 is 0 Å². The number of nitrogens with zero attached hydrogens (tertiary/aromatic N) is 1. The van der Waals surface area contributed by atoms with Gasteiger partial charge in [0.2, 0.25) is 0 Å². The van der Waals surface area contributed by atoms with Gasteiger partial charge in [0.25, 0.3) is 0 Å². The van der Waals surface area contributed by atoms with Crippen LogP contribution in [0.2, 0.25) is 0 Å². The molecule has 1 atom stereocenters. The molecule has 1 aliphatic rings. The Bertz CT molecular complexity index is 154. The Hall–Kier alpha value is 0.210. The van der Waals surface area contributed by atoms with Gasteiger partial charge in [0.05, 0.1) is 38.9 Å². The SMILES string of the molecule is CCC[N+](CCC)(CCC)CCC1CO1.[Cl-]. The van der Waals surface area contributed by atoms with E-state index in [0.29, 0.717) is 6.10 Å². The highest BCUT2D eigenvalue weighted by atomic mass is 35.5. The molecule has 0 aromatic heterocycles. The van der Waals surface area contributed by atoms with E-state index in [1.54, 1.807) is 0 Å². The van der Waals surface area contributed by atoms with Crippen LogP contribution in [0.5, 0.6) is 0 Å². The van der Waals surface area contributed by atoms with E-state index in [2.05, 4.69) is 20.8 Å². The number of ether oxygens (including phenoxy) is 1. The molecule has 1 saturated heterocycles. The van der Waals surface area contributed by atoms with Crippen molar-refractivity contribution in [3.63, 3.8) is 0 Å². The Morgan fingerprint density at radius 3 is 1.69 bits per heavy atom. The van der Waals surface area contributed by atoms with Crippen LogP contribution in [0, 0.1) is 0 Å². The van der Waals surface area contributed by atoms with E-state index in [1.807, 2.05) is 0 Å². The molecule has 0 spiro atoms. The molecule has 0 aromatic carbocycles. The van der Waals surface area contributed by atoms with Gasteiger partial charge in [-0.25, -0.2) is 0 Å². The molecule has 3 heteroatoms. The normalized spacial score (nSPS) is 19.3. The molecule has 0 radical (unpaired) electrons. The maximum Gasteiger partial charge on any atom is 0.0863 e. The van der Waals surface area contributed by atoms with E-state index in [1.165, 1.54) is 56.3 Å². The Morgan fingerprint density at radius 1 is 0.938 bits per heavy atom. The summed E-state index contributed by atoms with van der Waals surface area (Å²) in [4.78, 5) is 0. The Labute approximate surface area is 107 Å². The van der Waals surface area contributed by atoms with Gasteiger partial charge in [-0.3, -0.25) is 0 Å². The first-order valence-electron chi connectivity index (χ1n) is 6.73. The minimum atomic E-state index is 0. The van der Waals surface area contributed by atoms with Gasteiger partial charge in [-0.15, -0.1) is 0 Å². The molecule has 0 saturated carbocycles. The fourth-order valence-corrected chi connectivity index (χ4v) is 2.75. The van der Waals surface area contributed by atoms with Crippen molar-refractivity contribution >= 4 is 0 Å².